The molecule has 2 aromatic carbocycles. The lowest BCUT2D eigenvalue weighted by Crippen LogP contribution is -2.31. The Labute approximate surface area is 136 Å². The van der Waals surface area contributed by atoms with Crippen LogP contribution in [0.2, 0.25) is 5.02 Å². The average molecular weight is 319 g/mol. The molecule has 1 atom stereocenters. The Kier molecular flexibility index (Phi) is 5.21. The molecule has 0 heterocycles. The second-order valence-corrected chi connectivity index (χ2v) is 5.96. The third kappa shape index (κ3) is 4.19. The number of anilines is 1. The van der Waals surface area contributed by atoms with Gasteiger partial charge in [-0.05, 0) is 61.8 Å². The summed E-state index contributed by atoms with van der Waals surface area (Å²) in [5, 5.41) is 7.62. The number of hydrogen-bond acceptors (Lipinski definition) is 1. The SMILES string of the molecule is Cc1ccc(C(C)NC(=S)Nc2ccccc2Cl)cc1C. The van der Waals surface area contributed by atoms with Gasteiger partial charge in [0.05, 0.1) is 16.8 Å². The van der Waals surface area contributed by atoms with E-state index in [0.717, 1.165) is 5.69 Å². The van der Waals surface area contributed by atoms with Crippen molar-refractivity contribution in [3.8, 4) is 0 Å². The molecule has 0 amide bonds. The van der Waals surface area contributed by atoms with Crippen molar-refractivity contribution in [2.45, 2.75) is 26.8 Å². The van der Waals surface area contributed by atoms with Gasteiger partial charge in [-0.25, -0.2) is 0 Å². The Morgan fingerprint density at radius 3 is 2.48 bits per heavy atom. The average Bonchev–Trinajstić information content (AvgIpc) is 2.44. The summed E-state index contributed by atoms with van der Waals surface area (Å²) in [7, 11) is 0. The van der Waals surface area contributed by atoms with Gasteiger partial charge in [-0.1, -0.05) is 41.9 Å². The quantitative estimate of drug-likeness (QED) is 0.778. The predicted octanol–water partition coefficient (Wildman–Crippen LogP) is 5.00. The highest BCUT2D eigenvalue weighted by atomic mass is 35.5. The summed E-state index contributed by atoms with van der Waals surface area (Å²) < 4.78 is 0. The van der Waals surface area contributed by atoms with Crippen LogP contribution in [-0.2, 0) is 0 Å². The molecule has 1 unspecified atom stereocenters. The number of para-hydroxylation sites is 1. The van der Waals surface area contributed by atoms with E-state index in [9.17, 15) is 0 Å². The molecule has 0 radical (unpaired) electrons. The van der Waals surface area contributed by atoms with E-state index in [4.69, 9.17) is 23.8 Å². The van der Waals surface area contributed by atoms with Crippen molar-refractivity contribution in [2.75, 3.05) is 5.32 Å². The number of halogens is 1. The summed E-state index contributed by atoms with van der Waals surface area (Å²) in [4.78, 5) is 0. The molecule has 0 saturated heterocycles. The molecule has 2 N–H and O–H groups in total. The fraction of sp³-hybridized carbons (Fsp3) is 0.235. The molecule has 0 aliphatic heterocycles. The molecule has 0 saturated carbocycles. The highest BCUT2D eigenvalue weighted by Gasteiger charge is 2.09. The molecule has 0 spiro atoms. The van der Waals surface area contributed by atoms with E-state index in [-0.39, 0.29) is 6.04 Å². The van der Waals surface area contributed by atoms with Gasteiger partial charge < -0.3 is 10.6 Å². The normalized spacial score (nSPS) is 11.8. The van der Waals surface area contributed by atoms with Crippen molar-refractivity contribution in [2.24, 2.45) is 0 Å². The Morgan fingerprint density at radius 2 is 1.81 bits per heavy atom. The minimum Gasteiger partial charge on any atom is -0.356 e. The smallest absolute Gasteiger partial charge is 0.171 e. The van der Waals surface area contributed by atoms with E-state index >= 15 is 0 Å². The van der Waals surface area contributed by atoms with E-state index in [1.807, 2.05) is 24.3 Å². The van der Waals surface area contributed by atoms with Crippen LogP contribution in [-0.4, -0.2) is 5.11 Å². The van der Waals surface area contributed by atoms with Gasteiger partial charge >= 0.3 is 0 Å². The van der Waals surface area contributed by atoms with E-state index in [0.29, 0.717) is 10.1 Å². The number of benzene rings is 2. The van der Waals surface area contributed by atoms with Crippen molar-refractivity contribution in [3.63, 3.8) is 0 Å². The monoisotopic (exact) mass is 318 g/mol. The summed E-state index contributed by atoms with van der Waals surface area (Å²) in [6.45, 7) is 6.32. The van der Waals surface area contributed by atoms with Crippen molar-refractivity contribution in [1.29, 1.82) is 0 Å². The van der Waals surface area contributed by atoms with Gasteiger partial charge in [0.1, 0.15) is 0 Å². The van der Waals surface area contributed by atoms with Crippen LogP contribution in [0, 0.1) is 13.8 Å². The second-order valence-electron chi connectivity index (χ2n) is 5.14. The van der Waals surface area contributed by atoms with Crippen LogP contribution >= 0.6 is 23.8 Å². The molecular formula is C17H19ClN2S. The molecule has 0 fully saturated rings. The first kappa shape index (κ1) is 15.8. The Morgan fingerprint density at radius 1 is 1.10 bits per heavy atom. The molecule has 2 aromatic rings. The lowest BCUT2D eigenvalue weighted by atomic mass is 10.0. The second kappa shape index (κ2) is 6.92. The van der Waals surface area contributed by atoms with Gasteiger partial charge in [0.25, 0.3) is 0 Å². The van der Waals surface area contributed by atoms with Crippen LogP contribution in [0.15, 0.2) is 42.5 Å². The first-order chi connectivity index (χ1) is 9.97. The molecule has 2 rings (SSSR count). The molecular weight excluding hydrogens is 300 g/mol. The molecule has 2 nitrogen and oxygen atoms in total. The third-order valence-corrected chi connectivity index (χ3v) is 4.05. The molecule has 4 heteroatoms. The summed E-state index contributed by atoms with van der Waals surface area (Å²) >= 11 is 11.5. The van der Waals surface area contributed by atoms with E-state index < -0.39 is 0 Å². The third-order valence-electron chi connectivity index (χ3n) is 3.50. The van der Waals surface area contributed by atoms with E-state index in [1.165, 1.54) is 16.7 Å². The number of hydrogen-bond donors (Lipinski definition) is 2. The predicted molar refractivity (Wildman–Crippen MR) is 95.1 cm³/mol. The fourth-order valence-corrected chi connectivity index (χ4v) is 2.50. The topological polar surface area (TPSA) is 24.1 Å². The highest BCUT2D eigenvalue weighted by Crippen LogP contribution is 2.21. The lowest BCUT2D eigenvalue weighted by Gasteiger charge is -2.18. The summed E-state index contributed by atoms with van der Waals surface area (Å²) in [5.74, 6) is 0. The van der Waals surface area contributed by atoms with Crippen molar-refractivity contribution >= 4 is 34.6 Å². The number of aryl methyl sites for hydroxylation is 2. The largest absolute Gasteiger partial charge is 0.356 e. The minimum atomic E-state index is 0.131. The highest BCUT2D eigenvalue weighted by molar-refractivity contribution is 7.80. The summed E-state index contributed by atoms with van der Waals surface area (Å²) in [5.41, 5.74) is 4.60. The van der Waals surface area contributed by atoms with Gasteiger partial charge in [0.15, 0.2) is 5.11 Å². The van der Waals surface area contributed by atoms with Crippen LogP contribution in [0.25, 0.3) is 0 Å². The van der Waals surface area contributed by atoms with Crippen LogP contribution in [0.5, 0.6) is 0 Å². The minimum absolute atomic E-state index is 0.131. The van der Waals surface area contributed by atoms with Crippen LogP contribution in [0.1, 0.15) is 29.7 Å². The van der Waals surface area contributed by atoms with Crippen LogP contribution in [0.4, 0.5) is 5.69 Å². The van der Waals surface area contributed by atoms with Crippen molar-refractivity contribution in [3.05, 3.63) is 64.2 Å². The first-order valence-corrected chi connectivity index (χ1v) is 7.65. The van der Waals surface area contributed by atoms with Crippen molar-refractivity contribution < 1.29 is 0 Å². The van der Waals surface area contributed by atoms with E-state index in [1.54, 1.807) is 0 Å². The van der Waals surface area contributed by atoms with Gasteiger partial charge in [-0.15, -0.1) is 0 Å². The molecule has 0 aromatic heterocycles. The Bertz CT molecular complexity index is 655. The standard InChI is InChI=1S/C17H19ClN2S/c1-11-8-9-14(10-12(11)2)13(3)19-17(21)20-16-7-5-4-6-15(16)18/h4-10,13H,1-3H3,(H2,19,20,21). The van der Waals surface area contributed by atoms with Gasteiger partial charge in [-0.2, -0.15) is 0 Å². The molecule has 0 bridgehead atoms. The zero-order chi connectivity index (χ0) is 15.4. The van der Waals surface area contributed by atoms with Gasteiger partial charge in [-0.3, -0.25) is 0 Å². The maximum Gasteiger partial charge on any atom is 0.171 e. The molecule has 110 valence electrons. The maximum absolute atomic E-state index is 6.11. The maximum atomic E-state index is 6.11. The zero-order valence-electron chi connectivity index (χ0n) is 12.4. The molecule has 0 aliphatic rings. The zero-order valence-corrected chi connectivity index (χ0v) is 14.0. The number of thiocarbonyl (C=S) groups is 1. The lowest BCUT2D eigenvalue weighted by molar-refractivity contribution is 0.721. The van der Waals surface area contributed by atoms with Gasteiger partial charge in [0.2, 0.25) is 0 Å². The van der Waals surface area contributed by atoms with E-state index in [2.05, 4.69) is 49.6 Å². The van der Waals surface area contributed by atoms with Crippen LogP contribution in [0.3, 0.4) is 0 Å². The number of rotatable bonds is 3. The summed E-state index contributed by atoms with van der Waals surface area (Å²) in [6, 6.07) is 14.1. The summed E-state index contributed by atoms with van der Waals surface area (Å²) in [6.07, 6.45) is 0. The Balaban J connectivity index is 2.02. The molecule has 21 heavy (non-hydrogen) atoms. The Hall–Kier alpha value is -1.58. The van der Waals surface area contributed by atoms with Crippen LogP contribution < -0.4 is 10.6 Å². The first-order valence-electron chi connectivity index (χ1n) is 6.86. The molecule has 0 aliphatic carbocycles. The van der Waals surface area contributed by atoms with Crippen molar-refractivity contribution in [1.82, 2.24) is 5.32 Å². The fourth-order valence-electron chi connectivity index (χ4n) is 2.03. The number of nitrogens with one attached hydrogen (secondary N) is 2. The van der Waals surface area contributed by atoms with Gasteiger partial charge in [0, 0.05) is 0 Å².